The maximum Gasteiger partial charge on any atom is 0.433 e. The van der Waals surface area contributed by atoms with Crippen LogP contribution in [0.4, 0.5) is 13.2 Å². The normalized spacial score (nSPS) is 11.1. The summed E-state index contributed by atoms with van der Waals surface area (Å²) in [7, 11) is 0. The fraction of sp³-hybridized carbons (Fsp3) is 0.143. The van der Waals surface area contributed by atoms with Crippen LogP contribution < -0.4 is 17.1 Å². The van der Waals surface area contributed by atoms with Crippen LogP contribution in [0.15, 0.2) is 27.8 Å². The van der Waals surface area contributed by atoms with Crippen molar-refractivity contribution < 1.29 is 13.2 Å². The number of nitrogens with two attached hydrogens (primary N) is 1. The summed E-state index contributed by atoms with van der Waals surface area (Å²) in [5.74, 6) is 10.4. The van der Waals surface area contributed by atoms with E-state index in [0.29, 0.717) is 4.57 Å². The van der Waals surface area contributed by atoms with Crippen molar-refractivity contribution in [3.63, 3.8) is 0 Å². The van der Waals surface area contributed by atoms with E-state index in [-0.39, 0.29) is 32.0 Å². The minimum Gasteiger partial charge on any atom is -0.335 e. The largest absolute Gasteiger partial charge is 0.433 e. The number of nitrogens with zero attached hydrogens (tertiary/aromatic N) is 2. The minimum atomic E-state index is -4.96. The van der Waals surface area contributed by atoms with Gasteiger partial charge in [-0.05, 0) is 19.1 Å². The van der Waals surface area contributed by atoms with E-state index >= 15 is 0 Å². The Kier molecular flexibility index (Phi) is 4.69. The third kappa shape index (κ3) is 3.13. The Labute approximate surface area is 143 Å². The highest BCUT2D eigenvalue weighted by molar-refractivity contribution is 6.36. The van der Waals surface area contributed by atoms with Crippen LogP contribution in [-0.2, 0) is 6.18 Å². The van der Waals surface area contributed by atoms with Crippen LogP contribution in [0.5, 0.6) is 0 Å². The molecule has 0 unspecified atom stereocenters. The van der Waals surface area contributed by atoms with E-state index < -0.39 is 23.1 Å². The molecule has 1 aromatic heterocycles. The summed E-state index contributed by atoms with van der Waals surface area (Å²) in [5.41, 5.74) is -4.06. The van der Waals surface area contributed by atoms with Gasteiger partial charge in [-0.15, -0.1) is 5.92 Å². The van der Waals surface area contributed by atoms with Crippen LogP contribution in [0.3, 0.4) is 0 Å². The first kappa shape index (κ1) is 18.0. The number of halogens is 5. The van der Waals surface area contributed by atoms with Crippen LogP contribution in [0.2, 0.25) is 10.0 Å². The fourth-order valence-corrected chi connectivity index (χ4v) is 2.52. The maximum atomic E-state index is 12.8. The molecule has 0 aliphatic rings. The topological polar surface area (TPSA) is 70.0 Å². The van der Waals surface area contributed by atoms with Gasteiger partial charge in [0.15, 0.2) is 5.69 Å². The number of hydrogen-bond acceptors (Lipinski definition) is 3. The Morgan fingerprint density at radius 1 is 1.12 bits per heavy atom. The second-order valence-corrected chi connectivity index (χ2v) is 5.33. The second-order valence-electron chi connectivity index (χ2n) is 4.51. The summed E-state index contributed by atoms with van der Waals surface area (Å²) in [6.07, 6.45) is -4.96. The van der Waals surface area contributed by atoms with E-state index in [4.69, 9.17) is 29.0 Å². The molecule has 126 valence electrons. The standard InChI is InChI=1S/C14H8Cl2F3N3O2/c1-2-3-8-9(15)4-7(5-10(8)16)21-12(23)6-11(14(17,18)19)22(20)13(21)24/h4-6H,20H2,1H3. The highest BCUT2D eigenvalue weighted by Gasteiger charge is 2.35. The van der Waals surface area contributed by atoms with Gasteiger partial charge < -0.3 is 5.84 Å². The van der Waals surface area contributed by atoms with Crippen LogP contribution in [0.25, 0.3) is 5.69 Å². The molecule has 0 spiro atoms. The lowest BCUT2D eigenvalue weighted by atomic mass is 10.2. The summed E-state index contributed by atoms with van der Waals surface area (Å²) in [5, 5.41) is 0.0586. The summed E-state index contributed by atoms with van der Waals surface area (Å²) in [6, 6.07) is 2.58. The molecule has 24 heavy (non-hydrogen) atoms. The molecule has 2 N–H and O–H groups in total. The van der Waals surface area contributed by atoms with Gasteiger partial charge in [0.05, 0.1) is 21.3 Å². The summed E-state index contributed by atoms with van der Waals surface area (Å²) in [4.78, 5) is 24.1. The van der Waals surface area contributed by atoms with Gasteiger partial charge in [0, 0.05) is 6.07 Å². The Bertz CT molecular complexity index is 975. The molecule has 0 radical (unpaired) electrons. The molecule has 2 rings (SSSR count). The summed E-state index contributed by atoms with van der Waals surface area (Å²) >= 11 is 12.0. The van der Waals surface area contributed by atoms with Crippen molar-refractivity contribution in [2.75, 3.05) is 5.84 Å². The predicted octanol–water partition coefficient (Wildman–Crippen LogP) is 2.41. The molecular formula is C14H8Cl2F3N3O2. The fourth-order valence-electron chi connectivity index (χ4n) is 1.95. The van der Waals surface area contributed by atoms with Crippen molar-refractivity contribution in [1.29, 1.82) is 0 Å². The molecule has 1 aromatic carbocycles. The summed E-state index contributed by atoms with van der Waals surface area (Å²) in [6.45, 7) is 1.55. The minimum absolute atomic E-state index is 0.0293. The second kappa shape index (κ2) is 6.26. The molecule has 1 heterocycles. The lowest BCUT2D eigenvalue weighted by Gasteiger charge is -2.14. The zero-order valence-electron chi connectivity index (χ0n) is 11.9. The molecule has 0 aliphatic heterocycles. The van der Waals surface area contributed by atoms with Gasteiger partial charge in [-0.25, -0.2) is 14.0 Å². The first-order chi connectivity index (χ1) is 11.1. The number of benzene rings is 1. The zero-order valence-corrected chi connectivity index (χ0v) is 13.4. The van der Waals surface area contributed by atoms with Crippen molar-refractivity contribution in [2.24, 2.45) is 0 Å². The molecular weight excluding hydrogens is 370 g/mol. The highest BCUT2D eigenvalue weighted by Crippen LogP contribution is 2.28. The predicted molar refractivity (Wildman–Crippen MR) is 84.0 cm³/mol. The molecule has 0 saturated carbocycles. The molecule has 0 atom stereocenters. The van der Waals surface area contributed by atoms with Crippen LogP contribution in [0.1, 0.15) is 18.2 Å². The Balaban J connectivity index is 2.80. The van der Waals surface area contributed by atoms with Crippen molar-refractivity contribution in [3.8, 4) is 17.5 Å². The highest BCUT2D eigenvalue weighted by atomic mass is 35.5. The average Bonchev–Trinajstić information content (AvgIpc) is 2.45. The van der Waals surface area contributed by atoms with Gasteiger partial charge in [-0.2, -0.15) is 13.2 Å². The van der Waals surface area contributed by atoms with E-state index in [9.17, 15) is 22.8 Å². The van der Waals surface area contributed by atoms with Crippen LogP contribution >= 0.6 is 23.2 Å². The number of alkyl halides is 3. The molecule has 0 saturated heterocycles. The number of nitrogen functional groups attached to an aromatic ring is 1. The van der Waals surface area contributed by atoms with Gasteiger partial charge in [0.2, 0.25) is 0 Å². The van der Waals surface area contributed by atoms with Crippen LogP contribution in [0, 0.1) is 11.8 Å². The van der Waals surface area contributed by atoms with Crippen molar-refractivity contribution in [1.82, 2.24) is 9.24 Å². The van der Waals surface area contributed by atoms with Gasteiger partial charge >= 0.3 is 11.9 Å². The molecule has 0 aliphatic carbocycles. The Morgan fingerprint density at radius 2 is 1.67 bits per heavy atom. The first-order valence-corrected chi connectivity index (χ1v) is 6.97. The Morgan fingerprint density at radius 3 is 2.12 bits per heavy atom. The number of hydrogen-bond donors (Lipinski definition) is 1. The van der Waals surface area contributed by atoms with E-state index in [2.05, 4.69) is 11.8 Å². The lowest BCUT2D eigenvalue weighted by molar-refractivity contribution is -0.143. The van der Waals surface area contributed by atoms with Gasteiger partial charge in [-0.1, -0.05) is 29.1 Å². The third-order valence-electron chi connectivity index (χ3n) is 2.96. The molecule has 0 amide bonds. The van der Waals surface area contributed by atoms with E-state index in [0.717, 1.165) is 0 Å². The van der Waals surface area contributed by atoms with Gasteiger partial charge in [0.25, 0.3) is 5.56 Å². The molecule has 10 heteroatoms. The van der Waals surface area contributed by atoms with Gasteiger partial charge in [0.1, 0.15) is 0 Å². The zero-order chi connectivity index (χ0) is 18.2. The van der Waals surface area contributed by atoms with E-state index in [1.54, 1.807) is 6.92 Å². The number of rotatable bonds is 1. The lowest BCUT2D eigenvalue weighted by Crippen LogP contribution is -2.45. The van der Waals surface area contributed by atoms with Crippen LogP contribution in [-0.4, -0.2) is 9.24 Å². The maximum absolute atomic E-state index is 12.8. The average molecular weight is 378 g/mol. The quantitative estimate of drug-likeness (QED) is 0.612. The molecule has 5 nitrogen and oxygen atoms in total. The van der Waals surface area contributed by atoms with Gasteiger partial charge in [-0.3, -0.25) is 4.79 Å². The number of aromatic nitrogens is 2. The third-order valence-corrected chi connectivity index (χ3v) is 3.56. The van der Waals surface area contributed by atoms with Crippen molar-refractivity contribution >= 4 is 23.2 Å². The van der Waals surface area contributed by atoms with Crippen molar-refractivity contribution in [3.05, 3.63) is 60.3 Å². The molecule has 2 aromatic rings. The smallest absolute Gasteiger partial charge is 0.335 e. The monoisotopic (exact) mass is 377 g/mol. The summed E-state index contributed by atoms with van der Waals surface area (Å²) < 4.78 is 38.6. The first-order valence-electron chi connectivity index (χ1n) is 6.21. The van der Waals surface area contributed by atoms with E-state index in [1.165, 1.54) is 12.1 Å². The van der Waals surface area contributed by atoms with Crippen molar-refractivity contribution in [2.45, 2.75) is 13.1 Å². The Hall–Kier alpha value is -2.37. The molecule has 0 bridgehead atoms. The van der Waals surface area contributed by atoms with E-state index in [1.807, 2.05) is 0 Å². The molecule has 0 fully saturated rings. The SMILES string of the molecule is CC#Cc1c(Cl)cc(-n2c(=O)cc(C(F)(F)F)n(N)c2=O)cc1Cl.